The molecule has 1 N–H and O–H groups in total. The van der Waals surface area contributed by atoms with Crippen LogP contribution in [-0.2, 0) is 0 Å². The van der Waals surface area contributed by atoms with Crippen molar-refractivity contribution in [3.05, 3.63) is 82.4 Å². The van der Waals surface area contributed by atoms with Gasteiger partial charge in [-0.25, -0.2) is 0 Å². The number of hydrogen-bond acceptors (Lipinski definition) is 2. The van der Waals surface area contributed by atoms with Crippen LogP contribution in [0.4, 0.5) is 5.69 Å². The minimum absolute atomic E-state index is 0.184. The summed E-state index contributed by atoms with van der Waals surface area (Å²) in [5, 5.41) is 4.40. The highest BCUT2D eigenvalue weighted by molar-refractivity contribution is 6.30. The quantitative estimate of drug-likeness (QED) is 0.410. The predicted octanol–water partition coefficient (Wildman–Crippen LogP) is 7.97. The summed E-state index contributed by atoms with van der Waals surface area (Å²) < 4.78 is 5.25. The number of hydrogen-bond donors (Lipinski definition) is 1. The largest absolute Gasteiger partial charge is 0.497 e. The van der Waals surface area contributed by atoms with Crippen molar-refractivity contribution >= 4 is 17.3 Å². The maximum atomic E-state index is 6.08. The third-order valence-corrected chi connectivity index (χ3v) is 5.42. The third-order valence-electron chi connectivity index (χ3n) is 5.17. The molecule has 0 bridgehead atoms. The number of halogens is 1. The van der Waals surface area contributed by atoms with Gasteiger partial charge in [-0.15, -0.1) is 0 Å². The molecule has 0 aliphatic rings. The maximum Gasteiger partial charge on any atom is 0.119 e. The Hall–Kier alpha value is -2.19. The second kappa shape index (κ2) is 11.6. The van der Waals surface area contributed by atoms with Crippen molar-refractivity contribution in [2.24, 2.45) is 0 Å². The van der Waals surface area contributed by atoms with Crippen molar-refractivity contribution in [3.8, 4) is 5.75 Å². The second-order valence-corrected chi connectivity index (χ2v) is 7.42. The summed E-state index contributed by atoms with van der Waals surface area (Å²) in [7, 11) is 1.68. The van der Waals surface area contributed by atoms with Crippen molar-refractivity contribution in [3.63, 3.8) is 0 Å². The van der Waals surface area contributed by atoms with Crippen LogP contribution < -0.4 is 10.1 Å². The molecule has 0 spiro atoms. The fourth-order valence-corrected chi connectivity index (χ4v) is 3.32. The zero-order chi connectivity index (χ0) is 20.4. The molecule has 0 heterocycles. The van der Waals surface area contributed by atoms with Gasteiger partial charge in [0, 0.05) is 10.7 Å². The van der Waals surface area contributed by atoms with E-state index in [1.54, 1.807) is 12.7 Å². The lowest BCUT2D eigenvalue weighted by atomic mass is 10.00. The van der Waals surface area contributed by atoms with Crippen LogP contribution in [0.25, 0.3) is 0 Å². The van der Waals surface area contributed by atoms with Crippen molar-refractivity contribution in [2.75, 3.05) is 12.4 Å². The summed E-state index contributed by atoms with van der Waals surface area (Å²) >= 11 is 6.08. The monoisotopic (exact) mass is 397 g/mol. The molecule has 0 radical (unpaired) electrons. The molecule has 2 nitrogen and oxygen atoms in total. The summed E-state index contributed by atoms with van der Waals surface area (Å²) in [5.41, 5.74) is 5.36. The third kappa shape index (κ3) is 6.76. The molecule has 1 unspecified atom stereocenters. The maximum absolute atomic E-state index is 6.08. The molecule has 28 heavy (non-hydrogen) atoms. The highest BCUT2D eigenvalue weighted by Gasteiger charge is 2.10. The topological polar surface area (TPSA) is 21.3 Å². The summed E-state index contributed by atoms with van der Waals surface area (Å²) in [6.07, 6.45) is 8.78. The SMILES string of the molecule is CC/C(C)=C(\CC)C/C=C/CC(Nc1ccc(OC)cc1)c1ccc(Cl)cc1. The number of allylic oxidation sites excluding steroid dienone is 3. The number of methoxy groups -OCH3 is 1. The van der Waals surface area contributed by atoms with Crippen LogP contribution in [0.1, 0.15) is 58.1 Å². The normalized spacial score (nSPS) is 13.3. The first-order valence-corrected chi connectivity index (χ1v) is 10.4. The van der Waals surface area contributed by atoms with E-state index in [1.165, 1.54) is 11.1 Å². The standard InChI is InChI=1S/C25H32ClNO/c1-5-19(3)20(6-2)9-7-8-10-25(21-11-13-22(26)14-12-21)27-23-15-17-24(28-4)18-16-23/h7-8,11-18,25,27H,5-6,9-10H2,1-4H3/b8-7+,20-19+. The van der Waals surface area contributed by atoms with E-state index in [0.29, 0.717) is 0 Å². The van der Waals surface area contributed by atoms with E-state index in [-0.39, 0.29) is 6.04 Å². The highest BCUT2D eigenvalue weighted by atomic mass is 35.5. The number of nitrogens with one attached hydrogen (secondary N) is 1. The van der Waals surface area contributed by atoms with Crippen molar-refractivity contribution in [2.45, 2.75) is 52.5 Å². The zero-order valence-electron chi connectivity index (χ0n) is 17.5. The van der Waals surface area contributed by atoms with Crippen LogP contribution in [0.3, 0.4) is 0 Å². The molecular weight excluding hydrogens is 366 g/mol. The average Bonchev–Trinajstić information content (AvgIpc) is 2.73. The zero-order valence-corrected chi connectivity index (χ0v) is 18.2. The first kappa shape index (κ1) is 22.1. The van der Waals surface area contributed by atoms with E-state index in [9.17, 15) is 0 Å². The summed E-state index contributed by atoms with van der Waals surface area (Å²) in [5.74, 6) is 0.860. The molecule has 0 saturated heterocycles. The van der Waals surface area contributed by atoms with Gasteiger partial charge in [0.05, 0.1) is 13.2 Å². The molecule has 3 heteroatoms. The average molecular weight is 398 g/mol. The van der Waals surface area contributed by atoms with E-state index in [4.69, 9.17) is 16.3 Å². The van der Waals surface area contributed by atoms with Gasteiger partial charge in [-0.3, -0.25) is 0 Å². The smallest absolute Gasteiger partial charge is 0.119 e. The Kier molecular flexibility index (Phi) is 9.16. The summed E-state index contributed by atoms with van der Waals surface area (Å²) in [4.78, 5) is 0. The minimum Gasteiger partial charge on any atom is -0.497 e. The number of anilines is 1. The predicted molar refractivity (Wildman–Crippen MR) is 122 cm³/mol. The Bertz CT molecular complexity index is 775. The number of ether oxygens (including phenoxy) is 1. The highest BCUT2D eigenvalue weighted by Crippen LogP contribution is 2.26. The lowest BCUT2D eigenvalue weighted by Crippen LogP contribution is -2.10. The molecule has 0 saturated carbocycles. The van der Waals surface area contributed by atoms with E-state index in [2.05, 4.69) is 50.4 Å². The molecule has 0 aromatic heterocycles. The lowest BCUT2D eigenvalue weighted by Gasteiger charge is -2.19. The van der Waals surface area contributed by atoms with E-state index < -0.39 is 0 Å². The number of rotatable bonds is 10. The van der Waals surface area contributed by atoms with Crippen LogP contribution in [0.2, 0.25) is 5.02 Å². The van der Waals surface area contributed by atoms with Crippen molar-refractivity contribution in [1.29, 1.82) is 0 Å². The van der Waals surface area contributed by atoms with Crippen molar-refractivity contribution < 1.29 is 4.74 Å². The fraction of sp³-hybridized carbons (Fsp3) is 0.360. The van der Waals surface area contributed by atoms with Crippen LogP contribution in [0, 0.1) is 0 Å². The Morgan fingerprint density at radius 1 is 1.00 bits per heavy atom. The van der Waals surface area contributed by atoms with Gasteiger partial charge < -0.3 is 10.1 Å². The van der Waals surface area contributed by atoms with Crippen LogP contribution in [0.5, 0.6) is 5.75 Å². The van der Waals surface area contributed by atoms with Gasteiger partial charge in [-0.05, 0) is 74.6 Å². The molecule has 0 fully saturated rings. The molecule has 150 valence electrons. The Balaban J connectivity index is 2.11. The van der Waals surface area contributed by atoms with Gasteiger partial charge in [-0.1, -0.05) is 60.9 Å². The van der Waals surface area contributed by atoms with Gasteiger partial charge >= 0.3 is 0 Å². The van der Waals surface area contributed by atoms with E-state index in [1.807, 2.05) is 36.4 Å². The molecule has 0 amide bonds. The Morgan fingerprint density at radius 3 is 2.25 bits per heavy atom. The molecule has 1 atom stereocenters. The van der Waals surface area contributed by atoms with Gasteiger partial charge in [0.15, 0.2) is 0 Å². The lowest BCUT2D eigenvalue weighted by molar-refractivity contribution is 0.415. The minimum atomic E-state index is 0.184. The van der Waals surface area contributed by atoms with Crippen molar-refractivity contribution in [1.82, 2.24) is 0 Å². The summed E-state index contributed by atoms with van der Waals surface area (Å²) in [6, 6.07) is 16.3. The molecule has 0 aliphatic carbocycles. The van der Waals surface area contributed by atoms with Crippen LogP contribution in [-0.4, -0.2) is 7.11 Å². The van der Waals surface area contributed by atoms with E-state index >= 15 is 0 Å². The first-order chi connectivity index (χ1) is 13.6. The molecule has 0 aliphatic heterocycles. The Morgan fingerprint density at radius 2 is 1.68 bits per heavy atom. The molecular formula is C25H32ClNO. The van der Waals surface area contributed by atoms with Crippen LogP contribution >= 0.6 is 11.6 Å². The molecule has 2 rings (SSSR count). The van der Waals surface area contributed by atoms with E-state index in [0.717, 1.165) is 42.1 Å². The second-order valence-electron chi connectivity index (χ2n) is 6.98. The fourth-order valence-electron chi connectivity index (χ4n) is 3.19. The first-order valence-electron chi connectivity index (χ1n) is 10.1. The van der Waals surface area contributed by atoms with Gasteiger partial charge in [0.1, 0.15) is 5.75 Å². The molecule has 2 aromatic rings. The summed E-state index contributed by atoms with van der Waals surface area (Å²) in [6.45, 7) is 6.71. The van der Waals surface area contributed by atoms with Crippen LogP contribution in [0.15, 0.2) is 71.8 Å². The van der Waals surface area contributed by atoms with Gasteiger partial charge in [0.25, 0.3) is 0 Å². The Labute approximate surface area is 175 Å². The van der Waals surface area contributed by atoms with Gasteiger partial charge in [-0.2, -0.15) is 0 Å². The number of benzene rings is 2. The van der Waals surface area contributed by atoms with Gasteiger partial charge in [0.2, 0.25) is 0 Å². The molecule has 2 aromatic carbocycles.